The predicted molar refractivity (Wildman–Crippen MR) is 123 cm³/mol. The Morgan fingerprint density at radius 1 is 0.871 bits per heavy atom. The molecule has 6 heteroatoms. The Labute approximate surface area is 188 Å². The first kappa shape index (κ1) is 20.8. The van der Waals surface area contributed by atoms with E-state index in [0.717, 1.165) is 10.0 Å². The van der Waals surface area contributed by atoms with Crippen molar-refractivity contribution >= 4 is 39.1 Å². The van der Waals surface area contributed by atoms with Gasteiger partial charge in [0.15, 0.2) is 0 Å². The van der Waals surface area contributed by atoms with Gasteiger partial charge in [-0.3, -0.25) is 19.3 Å². The largest absolute Gasteiger partial charge is 0.376 e. The lowest BCUT2D eigenvalue weighted by atomic mass is 9.89. The molecule has 4 rings (SSSR count). The summed E-state index contributed by atoms with van der Waals surface area (Å²) in [4.78, 5) is 41.0. The van der Waals surface area contributed by atoms with E-state index in [0.29, 0.717) is 17.8 Å². The summed E-state index contributed by atoms with van der Waals surface area (Å²) in [7, 11) is 0. The second-order valence-corrected chi connectivity index (χ2v) is 8.02. The molecule has 0 aromatic heterocycles. The van der Waals surface area contributed by atoms with Crippen LogP contribution in [-0.4, -0.2) is 17.5 Å². The molecule has 0 heterocycles. The zero-order valence-corrected chi connectivity index (χ0v) is 18.3. The molecular weight excluding hydrogens is 456 g/mol. The number of Topliss-reactive ketones (excluding diaryl/α,β-unsaturated/α-hetero) is 2. The maximum Gasteiger partial charge on any atom is 0.228 e. The predicted octanol–water partition coefficient (Wildman–Crippen LogP) is 4.88. The average Bonchev–Trinajstić information content (AvgIpc) is 2.77. The lowest BCUT2D eigenvalue weighted by molar-refractivity contribution is -0.116. The van der Waals surface area contributed by atoms with Crippen LogP contribution in [0.15, 0.2) is 94.7 Å². The fourth-order valence-electron chi connectivity index (χ4n) is 3.61. The van der Waals surface area contributed by atoms with Crippen LogP contribution in [0.4, 0.5) is 5.69 Å². The lowest BCUT2D eigenvalue weighted by Gasteiger charge is -2.30. The van der Waals surface area contributed by atoms with E-state index in [1.165, 1.54) is 11.8 Å². The molecule has 1 N–H and O–H groups in total. The van der Waals surface area contributed by atoms with E-state index >= 15 is 0 Å². The van der Waals surface area contributed by atoms with Gasteiger partial charge in [0.1, 0.15) is 11.4 Å². The summed E-state index contributed by atoms with van der Waals surface area (Å²) in [6.07, 6.45) is 0. The summed E-state index contributed by atoms with van der Waals surface area (Å²) in [5, 5.41) is 3.13. The highest BCUT2D eigenvalue weighted by molar-refractivity contribution is 9.10. The van der Waals surface area contributed by atoms with Crippen molar-refractivity contribution in [2.24, 2.45) is 0 Å². The summed E-state index contributed by atoms with van der Waals surface area (Å²) >= 11 is 3.41. The monoisotopic (exact) mass is 474 g/mol. The number of fused-ring (bicyclic) bond motifs is 1. The highest BCUT2D eigenvalue weighted by Crippen LogP contribution is 2.32. The van der Waals surface area contributed by atoms with Crippen LogP contribution in [0.25, 0.3) is 0 Å². The number of allylic oxidation sites excluding steroid dienone is 2. The van der Waals surface area contributed by atoms with Gasteiger partial charge in [-0.15, -0.1) is 0 Å². The summed E-state index contributed by atoms with van der Waals surface area (Å²) in [5.74, 6) is -1.06. The highest BCUT2D eigenvalue weighted by Gasteiger charge is 2.37. The smallest absolute Gasteiger partial charge is 0.228 e. The Bertz CT molecular complexity index is 1220. The van der Waals surface area contributed by atoms with Crippen molar-refractivity contribution in [3.8, 4) is 0 Å². The third-order valence-electron chi connectivity index (χ3n) is 5.01. The molecule has 0 saturated carbocycles. The molecule has 1 aliphatic carbocycles. The van der Waals surface area contributed by atoms with Gasteiger partial charge < -0.3 is 5.32 Å². The third-order valence-corrected chi connectivity index (χ3v) is 5.51. The number of halogens is 1. The summed E-state index contributed by atoms with van der Waals surface area (Å²) in [5.41, 5.74) is 2.20. The average molecular weight is 475 g/mol. The summed E-state index contributed by atoms with van der Waals surface area (Å²) in [6.45, 7) is 1.71. The molecule has 3 aromatic rings. The van der Waals surface area contributed by atoms with E-state index in [1.54, 1.807) is 42.5 Å². The maximum absolute atomic E-state index is 13.5. The first-order valence-electron chi connectivity index (χ1n) is 9.74. The van der Waals surface area contributed by atoms with Gasteiger partial charge in [0.05, 0.1) is 5.69 Å². The zero-order valence-electron chi connectivity index (χ0n) is 16.8. The first-order chi connectivity index (χ1) is 15.0. The van der Waals surface area contributed by atoms with E-state index < -0.39 is 0 Å². The van der Waals surface area contributed by atoms with E-state index in [1.807, 2.05) is 36.4 Å². The number of rotatable bonds is 5. The van der Waals surface area contributed by atoms with Crippen LogP contribution in [0.3, 0.4) is 0 Å². The molecule has 154 valence electrons. The van der Waals surface area contributed by atoms with E-state index in [2.05, 4.69) is 21.2 Å². The number of carbonyl (C=O) groups excluding carboxylic acids is 3. The first-order valence-corrected chi connectivity index (χ1v) is 10.5. The fraction of sp³-hybridized carbons (Fsp3) is 0.0800. The number of carbonyl (C=O) groups is 3. The molecule has 0 unspecified atom stereocenters. The normalized spacial score (nSPS) is 13.1. The van der Waals surface area contributed by atoms with Crippen molar-refractivity contribution in [2.45, 2.75) is 13.5 Å². The number of hydrogen-bond donors (Lipinski definition) is 1. The van der Waals surface area contributed by atoms with Crippen LogP contribution in [0.2, 0.25) is 0 Å². The molecule has 31 heavy (non-hydrogen) atoms. The topological polar surface area (TPSA) is 66.5 Å². The second-order valence-electron chi connectivity index (χ2n) is 7.10. The molecule has 1 aliphatic rings. The van der Waals surface area contributed by atoms with Gasteiger partial charge in [-0.1, -0.05) is 76.6 Å². The number of nitrogens with zero attached hydrogens (tertiary/aromatic N) is 1. The van der Waals surface area contributed by atoms with E-state index in [4.69, 9.17) is 0 Å². The Kier molecular flexibility index (Phi) is 5.82. The van der Waals surface area contributed by atoms with Gasteiger partial charge in [0, 0.05) is 29.1 Å². The Hall–Kier alpha value is -3.51. The van der Waals surface area contributed by atoms with Crippen LogP contribution in [0.5, 0.6) is 0 Å². The molecule has 0 radical (unpaired) electrons. The van der Waals surface area contributed by atoms with Gasteiger partial charge in [0.2, 0.25) is 17.5 Å². The summed E-state index contributed by atoms with van der Waals surface area (Å²) < 4.78 is 0.755. The van der Waals surface area contributed by atoms with Crippen LogP contribution in [-0.2, 0) is 11.3 Å². The molecule has 0 saturated heterocycles. The standard InChI is InChI=1S/C25H19BrN2O3/c1-16(29)28(19-11-7-10-18(26)14-19)23-22(27-15-17-8-3-2-4-9-17)24(30)20-12-5-6-13-21(20)25(23)31/h2-14,27H,15H2,1H3. The van der Waals surface area contributed by atoms with Crippen LogP contribution >= 0.6 is 15.9 Å². The highest BCUT2D eigenvalue weighted by atomic mass is 79.9. The molecule has 0 atom stereocenters. The molecular formula is C25H19BrN2O3. The summed E-state index contributed by atoms with van der Waals surface area (Å²) in [6, 6.07) is 23.3. The van der Waals surface area contributed by atoms with Gasteiger partial charge in [-0.2, -0.15) is 0 Å². The fourth-order valence-corrected chi connectivity index (χ4v) is 4.00. The molecule has 3 aromatic carbocycles. The zero-order chi connectivity index (χ0) is 22.0. The minimum atomic E-state index is -0.374. The van der Waals surface area contributed by atoms with E-state index in [-0.39, 0.29) is 34.4 Å². The van der Waals surface area contributed by atoms with Gasteiger partial charge in [-0.05, 0) is 23.8 Å². The van der Waals surface area contributed by atoms with Crippen molar-refractivity contribution in [3.63, 3.8) is 0 Å². The van der Waals surface area contributed by atoms with E-state index in [9.17, 15) is 14.4 Å². The molecule has 1 amide bonds. The Balaban J connectivity index is 1.88. The second kappa shape index (κ2) is 8.70. The minimum Gasteiger partial charge on any atom is -0.376 e. The molecule has 0 spiro atoms. The maximum atomic E-state index is 13.5. The van der Waals surface area contributed by atoms with Crippen molar-refractivity contribution in [1.82, 2.24) is 5.32 Å². The molecule has 5 nitrogen and oxygen atoms in total. The molecule has 0 bridgehead atoms. The number of nitrogens with one attached hydrogen (secondary N) is 1. The van der Waals surface area contributed by atoms with Crippen LogP contribution in [0, 0.1) is 0 Å². The minimum absolute atomic E-state index is 0.0326. The quantitative estimate of drug-likeness (QED) is 0.571. The number of ketones is 2. The van der Waals surface area contributed by atoms with Crippen LogP contribution in [0.1, 0.15) is 33.2 Å². The van der Waals surface area contributed by atoms with Crippen molar-refractivity contribution in [2.75, 3.05) is 4.90 Å². The van der Waals surface area contributed by atoms with Crippen molar-refractivity contribution in [1.29, 1.82) is 0 Å². The Morgan fingerprint density at radius 3 is 2.16 bits per heavy atom. The number of anilines is 1. The Morgan fingerprint density at radius 2 is 1.52 bits per heavy atom. The van der Waals surface area contributed by atoms with Crippen molar-refractivity contribution < 1.29 is 14.4 Å². The SMILES string of the molecule is CC(=O)N(C1=C(NCc2ccccc2)C(=O)c2ccccc2C1=O)c1cccc(Br)c1. The number of benzene rings is 3. The third kappa shape index (κ3) is 4.07. The van der Waals surface area contributed by atoms with Gasteiger partial charge in [-0.25, -0.2) is 0 Å². The molecule has 0 aliphatic heterocycles. The lowest BCUT2D eigenvalue weighted by Crippen LogP contribution is -2.40. The van der Waals surface area contributed by atoms with Crippen molar-refractivity contribution in [3.05, 3.63) is 111 Å². The number of amides is 1. The molecule has 0 fully saturated rings. The van der Waals surface area contributed by atoms with Crippen LogP contribution < -0.4 is 10.2 Å². The van der Waals surface area contributed by atoms with Gasteiger partial charge >= 0.3 is 0 Å². The number of hydrogen-bond acceptors (Lipinski definition) is 4. The van der Waals surface area contributed by atoms with Gasteiger partial charge in [0.25, 0.3) is 0 Å².